The number of aliphatic hydroxyl groups is 1. The smallest absolute Gasteiger partial charge is 0.248 e. The molecule has 0 aromatic carbocycles. The lowest BCUT2D eigenvalue weighted by Crippen LogP contribution is -2.30. The van der Waals surface area contributed by atoms with Gasteiger partial charge in [0.2, 0.25) is 10.0 Å². The topological polar surface area (TPSA) is 101 Å². The van der Waals surface area contributed by atoms with Crippen LogP contribution in [-0.2, 0) is 17.1 Å². The molecule has 0 bridgehead atoms. The Hall–Kier alpha value is -1.12. The van der Waals surface area contributed by atoms with Gasteiger partial charge in [-0.25, -0.2) is 8.42 Å². The first kappa shape index (κ1) is 12.3. The highest BCUT2D eigenvalue weighted by molar-refractivity contribution is 7.89. The minimum absolute atomic E-state index is 0.00592. The molecule has 0 spiro atoms. The van der Waals surface area contributed by atoms with Crippen LogP contribution in [0.15, 0.2) is 4.90 Å². The van der Waals surface area contributed by atoms with Crippen molar-refractivity contribution >= 4 is 15.8 Å². The molecule has 1 aromatic rings. The number of nitrogens with zero attached hydrogens (tertiary/aromatic N) is 3. The second-order valence-electron chi connectivity index (χ2n) is 4.23. The van der Waals surface area contributed by atoms with E-state index in [-0.39, 0.29) is 17.3 Å². The largest absolute Gasteiger partial charge is 0.392 e. The average molecular weight is 260 g/mol. The molecule has 1 aromatic heterocycles. The summed E-state index contributed by atoms with van der Waals surface area (Å²) in [7, 11) is -2.00. The van der Waals surface area contributed by atoms with E-state index in [0.29, 0.717) is 18.7 Å². The van der Waals surface area contributed by atoms with Crippen LogP contribution in [0, 0.1) is 6.92 Å². The summed E-state index contributed by atoms with van der Waals surface area (Å²) in [4.78, 5) is 0.0501. The summed E-state index contributed by atoms with van der Waals surface area (Å²) in [6.45, 7) is 2.09. The fourth-order valence-electron chi connectivity index (χ4n) is 1.99. The third-order valence-corrected chi connectivity index (χ3v) is 5.06. The SMILES string of the molecule is Cc1c(S(=O)(=O)N2CCC(O)C2)c(N)nn1C. The molecular formula is C9H16N4O3S. The van der Waals surface area contributed by atoms with Crippen molar-refractivity contribution in [2.45, 2.75) is 24.3 Å². The first-order valence-corrected chi connectivity index (χ1v) is 6.75. The summed E-state index contributed by atoms with van der Waals surface area (Å²) < 4.78 is 27.3. The minimum atomic E-state index is -3.65. The highest BCUT2D eigenvalue weighted by Gasteiger charge is 2.35. The van der Waals surface area contributed by atoms with Crippen LogP contribution in [0.3, 0.4) is 0 Å². The Morgan fingerprint density at radius 1 is 1.53 bits per heavy atom. The van der Waals surface area contributed by atoms with Gasteiger partial charge in [0.1, 0.15) is 4.90 Å². The maximum Gasteiger partial charge on any atom is 0.248 e. The van der Waals surface area contributed by atoms with Gasteiger partial charge in [-0.2, -0.15) is 9.40 Å². The Labute approximate surface area is 99.9 Å². The molecule has 1 unspecified atom stereocenters. The molecule has 0 saturated carbocycles. The van der Waals surface area contributed by atoms with Crippen LogP contribution in [0.4, 0.5) is 5.82 Å². The zero-order valence-corrected chi connectivity index (χ0v) is 10.6. The summed E-state index contributed by atoms with van der Waals surface area (Å²) in [5.41, 5.74) is 6.13. The van der Waals surface area contributed by atoms with Gasteiger partial charge in [-0.15, -0.1) is 0 Å². The number of nitrogens with two attached hydrogens (primary N) is 1. The average Bonchev–Trinajstić information content (AvgIpc) is 2.73. The number of rotatable bonds is 2. The van der Waals surface area contributed by atoms with Gasteiger partial charge in [0.25, 0.3) is 0 Å². The van der Waals surface area contributed by atoms with E-state index in [4.69, 9.17) is 5.73 Å². The number of sulfonamides is 1. The Morgan fingerprint density at radius 2 is 2.18 bits per heavy atom. The molecule has 17 heavy (non-hydrogen) atoms. The number of hydrogen-bond acceptors (Lipinski definition) is 5. The van der Waals surface area contributed by atoms with E-state index in [1.165, 1.54) is 8.99 Å². The normalized spacial score (nSPS) is 22.2. The summed E-state index contributed by atoms with van der Waals surface area (Å²) in [6, 6.07) is 0. The van der Waals surface area contributed by atoms with E-state index < -0.39 is 16.1 Å². The number of hydrogen-bond donors (Lipinski definition) is 2. The molecule has 1 atom stereocenters. The van der Waals surface area contributed by atoms with E-state index >= 15 is 0 Å². The van der Waals surface area contributed by atoms with Crippen LogP contribution in [0.2, 0.25) is 0 Å². The van der Waals surface area contributed by atoms with Crippen LogP contribution in [0.25, 0.3) is 0 Å². The maximum atomic E-state index is 12.3. The monoisotopic (exact) mass is 260 g/mol. The van der Waals surface area contributed by atoms with Crippen LogP contribution in [0.5, 0.6) is 0 Å². The fraction of sp³-hybridized carbons (Fsp3) is 0.667. The predicted octanol–water partition coefficient (Wildman–Crippen LogP) is -0.934. The quantitative estimate of drug-likeness (QED) is 0.715. The van der Waals surface area contributed by atoms with Crippen LogP contribution >= 0.6 is 0 Å². The second-order valence-corrected chi connectivity index (χ2v) is 6.10. The Morgan fingerprint density at radius 3 is 2.59 bits per heavy atom. The Bertz CT molecular complexity index is 537. The maximum absolute atomic E-state index is 12.3. The lowest BCUT2D eigenvalue weighted by molar-refractivity contribution is 0.189. The van der Waals surface area contributed by atoms with E-state index in [0.717, 1.165) is 0 Å². The van der Waals surface area contributed by atoms with Gasteiger partial charge in [-0.1, -0.05) is 0 Å². The van der Waals surface area contributed by atoms with Crippen LogP contribution < -0.4 is 5.73 Å². The Balaban J connectivity index is 2.45. The van der Waals surface area contributed by atoms with Crippen molar-refractivity contribution in [2.24, 2.45) is 7.05 Å². The van der Waals surface area contributed by atoms with Gasteiger partial charge >= 0.3 is 0 Å². The van der Waals surface area contributed by atoms with Gasteiger partial charge in [-0.05, 0) is 13.3 Å². The number of aliphatic hydroxyl groups excluding tert-OH is 1. The number of nitrogen functional groups attached to an aromatic ring is 1. The molecule has 7 nitrogen and oxygen atoms in total. The van der Waals surface area contributed by atoms with E-state index in [1.807, 2.05) is 0 Å². The summed E-state index contributed by atoms with van der Waals surface area (Å²) in [5, 5.41) is 13.3. The summed E-state index contributed by atoms with van der Waals surface area (Å²) >= 11 is 0. The lowest BCUT2D eigenvalue weighted by atomic mass is 10.3. The van der Waals surface area contributed by atoms with E-state index in [9.17, 15) is 13.5 Å². The molecule has 0 amide bonds. The third kappa shape index (κ3) is 1.92. The van der Waals surface area contributed by atoms with Gasteiger partial charge in [0, 0.05) is 20.1 Å². The molecule has 3 N–H and O–H groups in total. The molecule has 0 aliphatic carbocycles. The van der Waals surface area contributed by atoms with Crippen molar-refractivity contribution < 1.29 is 13.5 Å². The first-order valence-electron chi connectivity index (χ1n) is 5.31. The van der Waals surface area contributed by atoms with Gasteiger partial charge in [-0.3, -0.25) is 4.68 Å². The lowest BCUT2D eigenvalue weighted by Gasteiger charge is -2.15. The predicted molar refractivity (Wildman–Crippen MR) is 61.7 cm³/mol. The molecule has 1 fully saturated rings. The highest BCUT2D eigenvalue weighted by atomic mass is 32.2. The first-order chi connectivity index (χ1) is 7.84. The second kappa shape index (κ2) is 3.97. The molecule has 0 radical (unpaired) electrons. The highest BCUT2D eigenvalue weighted by Crippen LogP contribution is 2.27. The molecule has 1 aliphatic heterocycles. The van der Waals surface area contributed by atoms with Gasteiger partial charge in [0.15, 0.2) is 5.82 Å². The van der Waals surface area contributed by atoms with Crippen molar-refractivity contribution in [2.75, 3.05) is 18.8 Å². The zero-order valence-electron chi connectivity index (χ0n) is 9.79. The molecule has 96 valence electrons. The van der Waals surface area contributed by atoms with Crippen molar-refractivity contribution in [1.29, 1.82) is 0 Å². The third-order valence-electron chi connectivity index (χ3n) is 3.03. The number of anilines is 1. The zero-order chi connectivity index (χ0) is 12.8. The van der Waals surface area contributed by atoms with Gasteiger partial charge in [0.05, 0.1) is 11.8 Å². The van der Waals surface area contributed by atoms with Crippen molar-refractivity contribution in [3.05, 3.63) is 5.69 Å². The minimum Gasteiger partial charge on any atom is -0.392 e. The summed E-state index contributed by atoms with van der Waals surface area (Å²) in [6.07, 6.45) is -0.138. The van der Waals surface area contributed by atoms with E-state index in [1.54, 1.807) is 14.0 Å². The number of aryl methyl sites for hydroxylation is 1. The van der Waals surface area contributed by atoms with Crippen LogP contribution in [0.1, 0.15) is 12.1 Å². The molecule has 1 saturated heterocycles. The molecule has 2 heterocycles. The van der Waals surface area contributed by atoms with Crippen molar-refractivity contribution in [3.8, 4) is 0 Å². The van der Waals surface area contributed by atoms with Crippen molar-refractivity contribution in [1.82, 2.24) is 14.1 Å². The number of β-amino-alcohol motifs (C(OH)–C–C–N with tert-alkyl or cyclic N) is 1. The molecule has 2 rings (SSSR count). The van der Waals surface area contributed by atoms with Gasteiger partial charge < -0.3 is 10.8 Å². The molecule has 8 heteroatoms. The van der Waals surface area contributed by atoms with Crippen molar-refractivity contribution in [3.63, 3.8) is 0 Å². The number of aromatic nitrogens is 2. The standard InChI is InChI=1S/C9H16N4O3S/c1-6-8(9(10)11-12(6)2)17(15,16)13-4-3-7(14)5-13/h7,14H,3-5H2,1-2H3,(H2,10,11). The van der Waals surface area contributed by atoms with E-state index in [2.05, 4.69) is 5.10 Å². The van der Waals surface area contributed by atoms with Crippen LogP contribution in [-0.4, -0.2) is 46.8 Å². The Kier molecular flexibility index (Phi) is 2.88. The molecule has 1 aliphatic rings. The summed E-state index contributed by atoms with van der Waals surface area (Å²) in [5.74, 6) is 0.00592. The fourth-order valence-corrected chi connectivity index (χ4v) is 3.77. The molecular weight excluding hydrogens is 244 g/mol.